The van der Waals surface area contributed by atoms with E-state index in [9.17, 15) is 8.22 Å². The maximum absolute atomic E-state index is 9.50. The third-order valence-electron chi connectivity index (χ3n) is 30.0. The van der Waals surface area contributed by atoms with Crippen LogP contribution >= 0.6 is 0 Å². The molecular formula is C141H93N3O3. The number of para-hydroxylation sites is 6. The first-order valence-corrected chi connectivity index (χ1v) is 49.3. The van der Waals surface area contributed by atoms with Crippen LogP contribution in [0.2, 0.25) is 0 Å². The number of nitrogens with zero attached hydrogens (tertiary/aromatic N) is 3. The number of furan rings is 3. The van der Waals surface area contributed by atoms with Crippen molar-refractivity contribution in [1.29, 1.82) is 0 Å². The summed E-state index contributed by atoms with van der Waals surface area (Å²) in [4.78, 5) is 6.79. The lowest BCUT2D eigenvalue weighted by molar-refractivity contribution is 0.665. The van der Waals surface area contributed by atoms with Gasteiger partial charge in [0.15, 0.2) is 0 Å². The highest BCUT2D eigenvalue weighted by Crippen LogP contribution is 2.63. The smallest absolute Gasteiger partial charge is 0.135 e. The first-order valence-electron chi connectivity index (χ1n) is 56.8. The van der Waals surface area contributed by atoms with Crippen molar-refractivity contribution in [2.75, 3.05) is 14.7 Å². The van der Waals surface area contributed by atoms with Crippen LogP contribution in [0.1, 0.15) is 87.3 Å². The molecule has 0 saturated carbocycles. The highest BCUT2D eigenvalue weighted by atomic mass is 16.3. The molecule has 147 heavy (non-hydrogen) atoms. The summed E-state index contributed by atoms with van der Waals surface area (Å²) >= 11 is 0. The van der Waals surface area contributed by atoms with Gasteiger partial charge in [0.25, 0.3) is 0 Å². The van der Waals surface area contributed by atoms with Crippen LogP contribution in [0, 0.1) is 0 Å². The highest BCUT2D eigenvalue weighted by Gasteiger charge is 2.51. The van der Waals surface area contributed by atoms with Crippen LogP contribution in [0.25, 0.3) is 132 Å². The molecular weight excluding hydrogens is 1780 g/mol. The predicted molar refractivity (Wildman–Crippen MR) is 610 cm³/mol. The Morgan fingerprint density at radius 3 is 0.905 bits per heavy atom. The summed E-state index contributed by atoms with van der Waals surface area (Å²) in [6.45, 7) is 0. The number of anilines is 9. The minimum Gasteiger partial charge on any atom is -0.456 e. The van der Waals surface area contributed by atoms with Gasteiger partial charge in [0.1, 0.15) is 33.5 Å². The zero-order valence-corrected chi connectivity index (χ0v) is 79.1. The SMILES string of the molecule is [2H]c1c([2H])c([2H])c(C2(c3ccc4c(c3)oc3ccccc34)c3ccccc3-c3cc(N(c4ccccc4)c4cccc5ccccc45)ccc32)c([2H])c1[2H].[2H]c1c([2H])c([2H])c(C2(c3ccc4oc5ccccc5c4c3)c3ccccc3-c3cc(N(c4ccccc4)c4cccc5ccccc45)ccc32)c([2H])c1[2H].[2H]c1c([2H])c([2H])c(C2(c3cccc4oc5ccccc5c34)c3ccccc3-c3cc(N(c4ccccc4)c4cccc5ccccc45)ccc32)c([2H])c1[2H]. The number of fused-ring (bicyclic) bond motifs is 21. The monoisotopic (exact) mass is 1890 g/mol. The number of rotatable bonds is 15. The van der Waals surface area contributed by atoms with Crippen LogP contribution < -0.4 is 14.7 Å². The second kappa shape index (κ2) is 35.2. The van der Waals surface area contributed by atoms with Crippen molar-refractivity contribution in [3.63, 3.8) is 0 Å². The Bertz CT molecular complexity index is 10700. The summed E-state index contributed by atoms with van der Waals surface area (Å²) in [7, 11) is 0. The maximum Gasteiger partial charge on any atom is 0.135 e. The quantitative estimate of drug-likeness (QED) is 0.102. The van der Waals surface area contributed by atoms with Gasteiger partial charge in [0.05, 0.1) is 53.9 Å². The first kappa shape index (κ1) is 71.3. The van der Waals surface area contributed by atoms with Crippen LogP contribution in [-0.4, -0.2) is 0 Å². The lowest BCUT2D eigenvalue weighted by Crippen LogP contribution is -2.28. The third kappa shape index (κ3) is 13.6. The van der Waals surface area contributed by atoms with Crippen LogP contribution in [-0.2, 0) is 16.2 Å². The molecule has 3 aliphatic rings. The molecule has 0 aliphatic heterocycles. The zero-order chi connectivity index (χ0) is 110. The fraction of sp³-hybridized carbons (Fsp3) is 0.0213. The van der Waals surface area contributed by atoms with E-state index in [0.29, 0.717) is 22.3 Å². The summed E-state index contributed by atoms with van der Waals surface area (Å²) in [6.07, 6.45) is 0. The van der Waals surface area contributed by atoms with Gasteiger partial charge in [-0.1, -0.05) is 430 Å². The summed E-state index contributed by atoms with van der Waals surface area (Å²) in [5.74, 6) is 0. The topological polar surface area (TPSA) is 49.1 Å². The molecule has 3 atom stereocenters. The molecule has 0 saturated heterocycles. The van der Waals surface area contributed by atoms with E-state index in [4.69, 9.17) is 25.6 Å². The van der Waals surface area contributed by atoms with Crippen molar-refractivity contribution in [1.82, 2.24) is 0 Å². The summed E-state index contributed by atoms with van der Waals surface area (Å²) < 4.78 is 155. The molecule has 0 fully saturated rings. The second-order valence-electron chi connectivity index (χ2n) is 37.5. The molecule has 3 aromatic heterocycles. The molecule has 6 heteroatoms. The van der Waals surface area contributed by atoms with Gasteiger partial charge in [-0.2, -0.15) is 0 Å². The Hall–Kier alpha value is -19.1. The maximum atomic E-state index is 9.50. The molecule has 30 rings (SSSR count). The van der Waals surface area contributed by atoms with Crippen LogP contribution in [0.5, 0.6) is 0 Å². The third-order valence-corrected chi connectivity index (χ3v) is 30.0. The van der Waals surface area contributed by atoms with E-state index in [1.54, 1.807) is 0 Å². The molecule has 3 heterocycles. The zero-order valence-electron chi connectivity index (χ0n) is 94.1. The Kier molecular flexibility index (Phi) is 17.1. The standard InChI is InChI=1S/3C47H31NO/c1-3-17-33(18-4-1)47(42-25-14-28-45-46(42)38-23-10-12-27-44(38)49-45)40-24-11-9-22-37(40)39-31-35(29-30-41(39)47)48(34-19-5-2-6-20-34)43-26-13-16-32-15-7-8-21-36(32)43;1-3-16-33(17-4-1)47(34-26-29-46-41(30-34)39-22-10-12-25-45(39)49-46)42-23-11-9-21-38(42)40-31-36(27-28-43(40)47)48(35-18-5-2-6-19-35)44-24-13-15-32-14-7-8-20-37(32)44;1-3-16-33(17-4-1)47(34-26-28-40-39-22-10-12-25-45(39)49-46(40)30-34)42-23-11-9-21-38(42)41-31-36(27-29-43(41)47)48(35-18-5-2-6-19-35)44-24-13-15-32-14-7-8-20-37(32)44/h3*1-31H/i1D,3D,4D,17D,18D;2*1D,3D,4D,16D,17D. The van der Waals surface area contributed by atoms with Gasteiger partial charge in [-0.25, -0.2) is 0 Å². The highest BCUT2D eigenvalue weighted by molar-refractivity contribution is 6.12. The summed E-state index contributed by atoms with van der Waals surface area (Å²) in [6, 6.07) is 155. The predicted octanol–water partition coefficient (Wildman–Crippen LogP) is 37.7. The van der Waals surface area contributed by atoms with Gasteiger partial charge >= 0.3 is 0 Å². The van der Waals surface area contributed by atoms with Gasteiger partial charge < -0.3 is 28.0 Å². The minimum atomic E-state index is -1.30. The van der Waals surface area contributed by atoms with Crippen LogP contribution in [0.15, 0.2) is 577 Å². The lowest BCUT2D eigenvalue weighted by atomic mass is 9.66. The molecule has 0 N–H and O–H groups in total. The molecule has 0 spiro atoms. The van der Waals surface area contributed by atoms with Crippen molar-refractivity contribution in [3.8, 4) is 33.4 Å². The molecule has 6 nitrogen and oxygen atoms in total. The minimum absolute atomic E-state index is 0.205. The van der Waals surface area contributed by atoms with Crippen LogP contribution in [0.3, 0.4) is 0 Å². The van der Waals surface area contributed by atoms with E-state index < -0.39 is 34.4 Å². The van der Waals surface area contributed by atoms with Gasteiger partial charge in [0, 0.05) is 82.6 Å². The van der Waals surface area contributed by atoms with Crippen molar-refractivity contribution in [2.24, 2.45) is 0 Å². The largest absolute Gasteiger partial charge is 0.456 e. The summed E-state index contributed by atoms with van der Waals surface area (Å²) in [5, 5.41) is 12.2. The second-order valence-corrected chi connectivity index (χ2v) is 37.5. The normalized spacial score (nSPS) is 16.4. The molecule has 0 amide bonds. The van der Waals surface area contributed by atoms with Gasteiger partial charge in [-0.05, 0) is 250 Å². The first-order chi connectivity index (χ1) is 79.1. The van der Waals surface area contributed by atoms with Crippen molar-refractivity contribution < 1.29 is 33.8 Å². The fourth-order valence-electron chi connectivity index (χ4n) is 23.9. The van der Waals surface area contributed by atoms with Crippen molar-refractivity contribution >= 4 is 149 Å². The number of benzene rings is 24. The molecule has 690 valence electrons. The van der Waals surface area contributed by atoms with Crippen molar-refractivity contribution in [2.45, 2.75) is 16.2 Å². The van der Waals surface area contributed by atoms with Crippen molar-refractivity contribution in [3.05, 3.63) is 631 Å². The van der Waals surface area contributed by atoms with E-state index in [-0.39, 0.29) is 89.2 Å². The number of hydrogen-bond donors (Lipinski definition) is 0. The number of hydrogen-bond acceptors (Lipinski definition) is 6. The van der Waals surface area contributed by atoms with E-state index in [0.717, 1.165) is 210 Å². The van der Waals surface area contributed by atoms with Crippen LogP contribution in [0.4, 0.5) is 51.2 Å². The van der Waals surface area contributed by atoms with Gasteiger partial charge in [-0.15, -0.1) is 0 Å². The van der Waals surface area contributed by atoms with Gasteiger partial charge in [-0.3, -0.25) is 0 Å². The Morgan fingerprint density at radius 1 is 0.163 bits per heavy atom. The van der Waals surface area contributed by atoms with E-state index in [2.05, 4.69) is 239 Å². The molecule has 0 radical (unpaired) electrons. The van der Waals surface area contributed by atoms with E-state index in [1.165, 1.54) is 0 Å². The van der Waals surface area contributed by atoms with Gasteiger partial charge in [0.2, 0.25) is 0 Å². The molecule has 3 unspecified atom stereocenters. The van der Waals surface area contributed by atoms with E-state index in [1.807, 2.05) is 249 Å². The average Bonchev–Trinajstić information content (AvgIpc) is 1.52. The Balaban J connectivity index is 0.000000114. The molecule has 27 aromatic rings. The molecule has 0 bridgehead atoms. The average molecular weight is 1890 g/mol. The molecule has 24 aromatic carbocycles. The summed E-state index contributed by atoms with van der Waals surface area (Å²) in [5.41, 5.74) is 22.8. The molecule has 3 aliphatic carbocycles. The van der Waals surface area contributed by atoms with E-state index >= 15 is 0 Å². The fourth-order valence-corrected chi connectivity index (χ4v) is 23.9. The Morgan fingerprint density at radius 2 is 0.456 bits per heavy atom. The Labute approximate surface area is 872 Å². The lowest BCUT2D eigenvalue weighted by Gasteiger charge is -2.34.